The highest BCUT2D eigenvalue weighted by atomic mass is 32.1. The van der Waals surface area contributed by atoms with Crippen LogP contribution in [-0.4, -0.2) is 41.6 Å². The highest BCUT2D eigenvalue weighted by Gasteiger charge is 2.45. The average Bonchev–Trinajstić information content (AvgIpc) is 3.53. The molecule has 2 heterocycles. The third-order valence-corrected chi connectivity index (χ3v) is 7.63. The smallest absolute Gasteiger partial charge is 0.296 e. The zero-order chi connectivity index (χ0) is 29.6. The third kappa shape index (κ3) is 5.87. The molecule has 0 saturated heterocycles. The minimum atomic E-state index is -0.947. The molecule has 0 saturated carbocycles. The van der Waals surface area contributed by atoms with E-state index < -0.39 is 23.5 Å². The zero-order valence-electron chi connectivity index (χ0n) is 23.7. The molecule has 0 bridgehead atoms. The molecule has 4 aromatic rings. The number of thiazole rings is 1. The second-order valence-electron chi connectivity index (χ2n) is 9.49. The summed E-state index contributed by atoms with van der Waals surface area (Å²) >= 11 is 1.28. The van der Waals surface area contributed by atoms with Gasteiger partial charge in [-0.15, -0.1) is 0 Å². The maximum Gasteiger partial charge on any atom is 0.296 e. The summed E-state index contributed by atoms with van der Waals surface area (Å²) in [4.78, 5) is 33.4. The first-order chi connectivity index (χ1) is 20.4. The summed E-state index contributed by atoms with van der Waals surface area (Å²) in [5.74, 6) is -0.0602. The van der Waals surface area contributed by atoms with E-state index in [9.17, 15) is 14.7 Å². The first kappa shape index (κ1) is 28.9. The number of carbonyl (C=O) groups excluding carboxylic acids is 2. The number of anilines is 1. The minimum absolute atomic E-state index is 0.0360. The Kier molecular flexibility index (Phi) is 8.88. The van der Waals surface area contributed by atoms with Crippen molar-refractivity contribution in [2.75, 3.05) is 24.7 Å². The van der Waals surface area contributed by atoms with Gasteiger partial charge in [0.1, 0.15) is 5.75 Å². The van der Waals surface area contributed by atoms with Crippen molar-refractivity contribution in [1.29, 1.82) is 0 Å². The highest BCUT2D eigenvalue weighted by molar-refractivity contribution is 7.22. The minimum Gasteiger partial charge on any atom is -0.503 e. The lowest BCUT2D eigenvalue weighted by Crippen LogP contribution is -2.30. The van der Waals surface area contributed by atoms with E-state index in [2.05, 4.69) is 0 Å². The van der Waals surface area contributed by atoms with Gasteiger partial charge in [0.2, 0.25) is 0 Å². The SMILES string of the molecule is CCCOc1ccc(C2C(C(=O)C=Cc3ccccc3)=C(O)C(=O)N2c2nc3ccc(OCC)cc3s2)cc1OCC. The first-order valence-corrected chi connectivity index (χ1v) is 14.7. The molecule has 1 atom stereocenters. The number of amides is 1. The molecule has 1 aromatic heterocycles. The van der Waals surface area contributed by atoms with Crippen LogP contribution < -0.4 is 19.1 Å². The summed E-state index contributed by atoms with van der Waals surface area (Å²) in [5.41, 5.74) is 2.03. The zero-order valence-corrected chi connectivity index (χ0v) is 24.5. The van der Waals surface area contributed by atoms with Crippen LogP contribution in [0.15, 0.2) is 84.1 Å². The Bertz CT molecular complexity index is 1660. The Morgan fingerprint density at radius 1 is 0.976 bits per heavy atom. The van der Waals surface area contributed by atoms with Crippen LogP contribution in [0.5, 0.6) is 17.2 Å². The first-order valence-electron chi connectivity index (χ1n) is 13.9. The Balaban J connectivity index is 1.61. The van der Waals surface area contributed by atoms with Gasteiger partial charge < -0.3 is 19.3 Å². The van der Waals surface area contributed by atoms with Crippen LogP contribution in [0.1, 0.15) is 44.4 Å². The van der Waals surface area contributed by atoms with Crippen LogP contribution in [-0.2, 0) is 9.59 Å². The van der Waals surface area contributed by atoms with E-state index in [1.165, 1.54) is 22.3 Å². The van der Waals surface area contributed by atoms with Gasteiger partial charge in [-0.2, -0.15) is 0 Å². The lowest BCUT2D eigenvalue weighted by atomic mass is 9.95. The maximum absolute atomic E-state index is 13.7. The number of aliphatic hydroxyl groups excluding tert-OH is 1. The predicted octanol–water partition coefficient (Wildman–Crippen LogP) is 7.07. The van der Waals surface area contributed by atoms with E-state index in [0.717, 1.165) is 16.7 Å². The Morgan fingerprint density at radius 2 is 1.76 bits per heavy atom. The molecular formula is C33H32N2O6S. The summed E-state index contributed by atoms with van der Waals surface area (Å²) in [6.07, 6.45) is 3.86. The summed E-state index contributed by atoms with van der Waals surface area (Å²) in [7, 11) is 0. The molecule has 0 aliphatic carbocycles. The molecule has 0 spiro atoms. The van der Waals surface area contributed by atoms with E-state index in [4.69, 9.17) is 19.2 Å². The van der Waals surface area contributed by atoms with E-state index in [1.54, 1.807) is 24.3 Å². The number of carbonyl (C=O) groups is 2. The van der Waals surface area contributed by atoms with Crippen molar-refractivity contribution in [1.82, 2.24) is 4.98 Å². The van der Waals surface area contributed by atoms with Gasteiger partial charge in [-0.3, -0.25) is 14.5 Å². The lowest BCUT2D eigenvalue weighted by molar-refractivity contribution is -0.117. The van der Waals surface area contributed by atoms with Gasteiger partial charge in [0.25, 0.3) is 5.91 Å². The van der Waals surface area contributed by atoms with Crippen molar-refractivity contribution < 1.29 is 28.9 Å². The summed E-state index contributed by atoms with van der Waals surface area (Å²) in [6, 6.07) is 19.2. The second kappa shape index (κ2) is 12.9. The van der Waals surface area contributed by atoms with Crippen LogP contribution in [0.4, 0.5) is 5.13 Å². The topological polar surface area (TPSA) is 98.2 Å². The van der Waals surface area contributed by atoms with Crippen molar-refractivity contribution in [3.63, 3.8) is 0 Å². The van der Waals surface area contributed by atoms with Crippen molar-refractivity contribution in [3.05, 3.63) is 95.3 Å². The molecule has 1 aliphatic heterocycles. The van der Waals surface area contributed by atoms with Gasteiger partial charge in [0.05, 0.1) is 41.7 Å². The molecule has 1 aliphatic rings. The third-order valence-electron chi connectivity index (χ3n) is 6.61. The van der Waals surface area contributed by atoms with E-state index in [0.29, 0.717) is 53.3 Å². The van der Waals surface area contributed by atoms with E-state index >= 15 is 0 Å². The van der Waals surface area contributed by atoms with E-state index in [-0.39, 0.29) is 5.57 Å². The number of hydrogen-bond donors (Lipinski definition) is 1. The fourth-order valence-electron chi connectivity index (χ4n) is 4.74. The number of aromatic nitrogens is 1. The molecule has 1 unspecified atom stereocenters. The highest BCUT2D eigenvalue weighted by Crippen LogP contribution is 2.45. The number of nitrogens with zero attached hydrogens (tertiary/aromatic N) is 2. The van der Waals surface area contributed by atoms with Crippen LogP contribution in [0.2, 0.25) is 0 Å². The largest absolute Gasteiger partial charge is 0.503 e. The summed E-state index contributed by atoms with van der Waals surface area (Å²) in [6.45, 7) is 7.21. The number of rotatable bonds is 12. The van der Waals surface area contributed by atoms with Crippen molar-refractivity contribution in [2.24, 2.45) is 0 Å². The molecule has 216 valence electrons. The summed E-state index contributed by atoms with van der Waals surface area (Å²) in [5, 5.41) is 11.5. The quantitative estimate of drug-likeness (QED) is 0.178. The molecule has 3 aromatic carbocycles. The number of benzene rings is 3. The summed E-state index contributed by atoms with van der Waals surface area (Å²) < 4.78 is 18.2. The van der Waals surface area contributed by atoms with Crippen molar-refractivity contribution >= 4 is 44.5 Å². The molecular weight excluding hydrogens is 552 g/mol. The standard InChI is InChI=1S/C33H32N2O6S/c1-4-18-41-26-17-13-22(19-27(26)40-6-3)30-29(25(36)16-12-21-10-8-7-9-11-21)31(37)32(38)35(30)33-34-24-15-14-23(39-5-2)20-28(24)42-33/h7-17,19-20,30,37H,4-6,18H2,1-3H3. The molecule has 1 N–H and O–H groups in total. The normalized spacial score (nSPS) is 15.2. The molecule has 1 amide bonds. The molecule has 0 radical (unpaired) electrons. The Morgan fingerprint density at radius 3 is 2.50 bits per heavy atom. The van der Waals surface area contributed by atoms with Crippen LogP contribution in [0.3, 0.4) is 0 Å². The van der Waals surface area contributed by atoms with Gasteiger partial charge in [-0.25, -0.2) is 4.98 Å². The van der Waals surface area contributed by atoms with Gasteiger partial charge in [-0.05, 0) is 67.8 Å². The molecule has 42 heavy (non-hydrogen) atoms. The fraction of sp³-hybridized carbons (Fsp3) is 0.242. The molecule has 8 nitrogen and oxygen atoms in total. The van der Waals surface area contributed by atoms with Crippen LogP contribution in [0.25, 0.3) is 16.3 Å². The van der Waals surface area contributed by atoms with Gasteiger partial charge in [0, 0.05) is 0 Å². The molecule has 5 rings (SSSR count). The Labute approximate surface area is 248 Å². The number of aliphatic hydroxyl groups is 1. The second-order valence-corrected chi connectivity index (χ2v) is 10.5. The van der Waals surface area contributed by atoms with Crippen molar-refractivity contribution in [3.8, 4) is 17.2 Å². The Hall–Kier alpha value is -4.63. The predicted molar refractivity (Wildman–Crippen MR) is 165 cm³/mol. The number of fused-ring (bicyclic) bond motifs is 1. The van der Waals surface area contributed by atoms with Crippen molar-refractivity contribution in [2.45, 2.75) is 33.2 Å². The lowest BCUT2D eigenvalue weighted by Gasteiger charge is -2.25. The number of ketones is 1. The number of hydrogen-bond acceptors (Lipinski definition) is 8. The van der Waals surface area contributed by atoms with Gasteiger partial charge in [-0.1, -0.05) is 60.7 Å². The van der Waals surface area contributed by atoms with Crippen LogP contribution >= 0.6 is 11.3 Å². The van der Waals surface area contributed by atoms with Gasteiger partial charge >= 0.3 is 0 Å². The molecule has 9 heteroatoms. The average molecular weight is 585 g/mol. The molecule has 0 fully saturated rings. The van der Waals surface area contributed by atoms with E-state index in [1.807, 2.05) is 69.3 Å². The monoisotopic (exact) mass is 584 g/mol. The van der Waals surface area contributed by atoms with Gasteiger partial charge in [0.15, 0.2) is 28.2 Å². The fourth-order valence-corrected chi connectivity index (χ4v) is 5.76. The van der Waals surface area contributed by atoms with Crippen LogP contribution in [0, 0.1) is 0 Å². The number of allylic oxidation sites excluding steroid dienone is 1. The number of ether oxygens (including phenoxy) is 3. The maximum atomic E-state index is 13.7.